The molecular weight excluding hydrogens is 314 g/mol. The first-order valence-electron chi connectivity index (χ1n) is 7.44. The summed E-state index contributed by atoms with van der Waals surface area (Å²) in [4.78, 5) is 19.6. The number of aromatic nitrogens is 2. The number of H-pyrrole nitrogens is 1. The van der Waals surface area contributed by atoms with Crippen molar-refractivity contribution in [2.24, 2.45) is 0 Å². The third kappa shape index (κ3) is 3.51. The molecule has 0 bridgehead atoms. The van der Waals surface area contributed by atoms with E-state index in [0.717, 1.165) is 11.8 Å². The molecule has 0 saturated heterocycles. The maximum absolute atomic E-state index is 12.3. The van der Waals surface area contributed by atoms with E-state index in [9.17, 15) is 13.2 Å². The van der Waals surface area contributed by atoms with E-state index >= 15 is 0 Å². The lowest BCUT2D eigenvalue weighted by Gasteiger charge is -2.25. The molecule has 2 heterocycles. The standard InChI is InChI=1S/C16H19N3O3S/c1-11-3-5-12(6-4-11)9-15-17-14-7-8-19(23(2,21)22)10-13(14)16(20)18-15/h3-6H,7-10H2,1-2H3,(H,17,18,20). The first-order valence-corrected chi connectivity index (χ1v) is 9.29. The largest absolute Gasteiger partial charge is 0.310 e. The van der Waals surface area contributed by atoms with Crippen molar-refractivity contribution in [2.45, 2.75) is 26.3 Å². The summed E-state index contributed by atoms with van der Waals surface area (Å²) in [6.07, 6.45) is 2.18. The number of sulfonamides is 1. The van der Waals surface area contributed by atoms with E-state index in [1.807, 2.05) is 31.2 Å². The van der Waals surface area contributed by atoms with Gasteiger partial charge in [0.25, 0.3) is 5.56 Å². The monoisotopic (exact) mass is 333 g/mol. The third-order valence-corrected chi connectivity index (χ3v) is 5.29. The van der Waals surface area contributed by atoms with Gasteiger partial charge >= 0.3 is 0 Å². The van der Waals surface area contributed by atoms with Crippen LogP contribution < -0.4 is 5.56 Å². The maximum atomic E-state index is 12.3. The van der Waals surface area contributed by atoms with Gasteiger partial charge in [-0.2, -0.15) is 4.31 Å². The van der Waals surface area contributed by atoms with Gasteiger partial charge in [-0.1, -0.05) is 29.8 Å². The zero-order valence-corrected chi connectivity index (χ0v) is 14.0. The minimum absolute atomic E-state index is 0.0985. The number of nitrogens with zero attached hydrogens (tertiary/aromatic N) is 2. The van der Waals surface area contributed by atoms with Gasteiger partial charge in [0.05, 0.1) is 17.5 Å². The molecular formula is C16H19N3O3S. The molecule has 122 valence electrons. The molecule has 0 atom stereocenters. The van der Waals surface area contributed by atoms with Crippen LogP contribution in [0.25, 0.3) is 0 Å². The summed E-state index contributed by atoms with van der Waals surface area (Å²) in [5, 5.41) is 0. The number of fused-ring (bicyclic) bond motifs is 1. The fourth-order valence-electron chi connectivity index (χ4n) is 2.72. The number of nitrogens with one attached hydrogen (secondary N) is 1. The fourth-order valence-corrected chi connectivity index (χ4v) is 3.50. The Morgan fingerprint density at radius 3 is 2.61 bits per heavy atom. The summed E-state index contributed by atoms with van der Waals surface area (Å²) >= 11 is 0. The van der Waals surface area contributed by atoms with Gasteiger partial charge in [-0.25, -0.2) is 13.4 Å². The van der Waals surface area contributed by atoms with Crippen molar-refractivity contribution in [3.63, 3.8) is 0 Å². The lowest BCUT2D eigenvalue weighted by Crippen LogP contribution is -2.39. The Kier molecular flexibility index (Phi) is 4.08. The Labute approximate surface area is 135 Å². The Morgan fingerprint density at radius 1 is 1.26 bits per heavy atom. The first-order chi connectivity index (χ1) is 10.8. The van der Waals surface area contributed by atoms with Gasteiger partial charge in [0.1, 0.15) is 5.82 Å². The summed E-state index contributed by atoms with van der Waals surface area (Å²) in [7, 11) is -3.30. The zero-order chi connectivity index (χ0) is 16.6. The van der Waals surface area contributed by atoms with Crippen LogP contribution in [-0.2, 0) is 29.4 Å². The van der Waals surface area contributed by atoms with Crippen LogP contribution in [0.15, 0.2) is 29.1 Å². The normalized spacial score (nSPS) is 15.4. The van der Waals surface area contributed by atoms with Crippen LogP contribution in [0, 0.1) is 6.92 Å². The van der Waals surface area contributed by atoms with Crippen molar-refractivity contribution in [3.8, 4) is 0 Å². The van der Waals surface area contributed by atoms with Crippen LogP contribution in [-0.4, -0.2) is 35.5 Å². The Balaban J connectivity index is 1.89. The minimum atomic E-state index is -3.30. The van der Waals surface area contributed by atoms with Crippen molar-refractivity contribution >= 4 is 10.0 Å². The molecule has 2 aromatic rings. The zero-order valence-electron chi connectivity index (χ0n) is 13.2. The van der Waals surface area contributed by atoms with Crippen LogP contribution in [0.5, 0.6) is 0 Å². The number of aromatic amines is 1. The molecule has 6 nitrogen and oxygen atoms in total. The van der Waals surface area contributed by atoms with Gasteiger partial charge < -0.3 is 4.98 Å². The van der Waals surface area contributed by atoms with E-state index < -0.39 is 10.0 Å². The summed E-state index contributed by atoms with van der Waals surface area (Å²) < 4.78 is 24.6. The molecule has 3 rings (SSSR count). The van der Waals surface area contributed by atoms with Crippen molar-refractivity contribution in [3.05, 3.63) is 62.8 Å². The Hall–Kier alpha value is -1.99. The first kappa shape index (κ1) is 15.9. The molecule has 1 aliphatic heterocycles. The van der Waals surface area contributed by atoms with Crippen LogP contribution in [0.2, 0.25) is 0 Å². The average Bonchev–Trinajstić information content (AvgIpc) is 2.48. The highest BCUT2D eigenvalue weighted by atomic mass is 32.2. The highest BCUT2D eigenvalue weighted by Crippen LogP contribution is 2.17. The number of hydrogen-bond donors (Lipinski definition) is 1. The third-order valence-electron chi connectivity index (χ3n) is 4.04. The molecule has 1 aromatic heterocycles. The topological polar surface area (TPSA) is 83.1 Å². The number of aryl methyl sites for hydroxylation is 1. The van der Waals surface area contributed by atoms with Crippen molar-refractivity contribution in [1.29, 1.82) is 0 Å². The second-order valence-corrected chi connectivity index (χ2v) is 7.93. The molecule has 7 heteroatoms. The van der Waals surface area contributed by atoms with Gasteiger partial charge in [-0.05, 0) is 12.5 Å². The molecule has 0 radical (unpaired) electrons. The van der Waals surface area contributed by atoms with E-state index in [-0.39, 0.29) is 12.1 Å². The minimum Gasteiger partial charge on any atom is -0.310 e. The van der Waals surface area contributed by atoms with Gasteiger partial charge in [0.15, 0.2) is 0 Å². The van der Waals surface area contributed by atoms with E-state index in [2.05, 4.69) is 9.97 Å². The second-order valence-electron chi connectivity index (χ2n) is 5.95. The van der Waals surface area contributed by atoms with E-state index in [1.165, 1.54) is 9.87 Å². The van der Waals surface area contributed by atoms with E-state index in [4.69, 9.17) is 0 Å². The predicted octanol–water partition coefficient (Wildman–Crippen LogP) is 0.987. The molecule has 1 N–H and O–H groups in total. The molecule has 0 spiro atoms. The lowest BCUT2D eigenvalue weighted by molar-refractivity contribution is 0.388. The van der Waals surface area contributed by atoms with Gasteiger partial charge in [0.2, 0.25) is 10.0 Å². The van der Waals surface area contributed by atoms with Gasteiger partial charge in [-0.15, -0.1) is 0 Å². The number of hydrogen-bond acceptors (Lipinski definition) is 4. The van der Waals surface area contributed by atoms with Gasteiger partial charge in [0, 0.05) is 25.9 Å². The van der Waals surface area contributed by atoms with Crippen molar-refractivity contribution in [1.82, 2.24) is 14.3 Å². The average molecular weight is 333 g/mol. The van der Waals surface area contributed by atoms with Gasteiger partial charge in [-0.3, -0.25) is 4.79 Å². The molecule has 0 saturated carbocycles. The molecule has 0 aliphatic carbocycles. The highest BCUT2D eigenvalue weighted by Gasteiger charge is 2.26. The number of rotatable bonds is 3. The summed E-state index contributed by atoms with van der Waals surface area (Å²) in [5.74, 6) is 0.616. The van der Waals surface area contributed by atoms with Crippen LogP contribution in [0.4, 0.5) is 0 Å². The number of benzene rings is 1. The lowest BCUT2D eigenvalue weighted by atomic mass is 10.1. The Morgan fingerprint density at radius 2 is 1.96 bits per heavy atom. The summed E-state index contributed by atoms with van der Waals surface area (Å²) in [5.41, 5.74) is 3.17. The summed E-state index contributed by atoms with van der Waals surface area (Å²) in [6, 6.07) is 8.08. The maximum Gasteiger partial charge on any atom is 0.255 e. The van der Waals surface area contributed by atoms with E-state index in [0.29, 0.717) is 36.5 Å². The fraction of sp³-hybridized carbons (Fsp3) is 0.375. The predicted molar refractivity (Wildman–Crippen MR) is 87.8 cm³/mol. The second kappa shape index (κ2) is 5.90. The molecule has 0 fully saturated rings. The smallest absolute Gasteiger partial charge is 0.255 e. The molecule has 23 heavy (non-hydrogen) atoms. The van der Waals surface area contributed by atoms with Crippen LogP contribution in [0.3, 0.4) is 0 Å². The van der Waals surface area contributed by atoms with Crippen LogP contribution in [0.1, 0.15) is 28.2 Å². The molecule has 1 aromatic carbocycles. The molecule has 1 aliphatic rings. The van der Waals surface area contributed by atoms with Crippen molar-refractivity contribution in [2.75, 3.05) is 12.8 Å². The Bertz CT molecular complexity index is 886. The SMILES string of the molecule is Cc1ccc(Cc2nc3c(c(=O)[nH]2)CN(S(C)(=O)=O)CC3)cc1. The van der Waals surface area contributed by atoms with E-state index in [1.54, 1.807) is 0 Å². The van der Waals surface area contributed by atoms with Crippen LogP contribution >= 0.6 is 0 Å². The quantitative estimate of drug-likeness (QED) is 0.908. The highest BCUT2D eigenvalue weighted by molar-refractivity contribution is 7.88. The molecule has 0 amide bonds. The molecule has 0 unspecified atom stereocenters. The summed E-state index contributed by atoms with van der Waals surface area (Å²) in [6.45, 7) is 2.49. The van der Waals surface area contributed by atoms with Crippen molar-refractivity contribution < 1.29 is 8.42 Å².